The number of carbonyl (C=O) groups is 1. The van der Waals surface area contributed by atoms with Crippen molar-refractivity contribution in [2.24, 2.45) is 0 Å². The van der Waals surface area contributed by atoms with Gasteiger partial charge in [-0.1, -0.05) is 23.7 Å². The predicted octanol–water partition coefficient (Wildman–Crippen LogP) is 1.81. The Morgan fingerprint density at radius 2 is 2.42 bits per heavy atom. The normalized spacial score (nSPS) is 20.3. The summed E-state index contributed by atoms with van der Waals surface area (Å²) in [6.45, 7) is 0.142. The van der Waals surface area contributed by atoms with Crippen LogP contribution in [0, 0.1) is 5.82 Å². The molecule has 1 saturated heterocycles. The van der Waals surface area contributed by atoms with Crippen LogP contribution in [0.3, 0.4) is 0 Å². The Bertz CT molecular complexity index is 463. The first-order chi connectivity index (χ1) is 9.13. The summed E-state index contributed by atoms with van der Waals surface area (Å²) < 4.78 is 19.1. The van der Waals surface area contributed by atoms with Crippen LogP contribution in [0.4, 0.5) is 4.39 Å². The summed E-state index contributed by atoms with van der Waals surface area (Å²) in [6.07, 6.45) is 0.950. The van der Waals surface area contributed by atoms with Gasteiger partial charge in [-0.15, -0.1) is 0 Å². The van der Waals surface area contributed by atoms with E-state index in [0.717, 1.165) is 6.42 Å². The van der Waals surface area contributed by atoms with Crippen LogP contribution in [0.25, 0.3) is 0 Å². The van der Waals surface area contributed by atoms with Crippen LogP contribution in [0.5, 0.6) is 0 Å². The van der Waals surface area contributed by atoms with Gasteiger partial charge in [0.25, 0.3) is 0 Å². The fourth-order valence-electron chi connectivity index (χ4n) is 2.06. The maximum absolute atomic E-state index is 13.8. The highest BCUT2D eigenvalue weighted by Crippen LogP contribution is 2.24. The first-order valence-corrected chi connectivity index (χ1v) is 6.48. The molecule has 6 heteroatoms. The van der Waals surface area contributed by atoms with Crippen molar-refractivity contribution in [1.29, 1.82) is 0 Å². The summed E-state index contributed by atoms with van der Waals surface area (Å²) in [5.74, 6) is -0.966. The molecule has 2 unspecified atom stereocenters. The summed E-state index contributed by atoms with van der Waals surface area (Å²) in [4.78, 5) is 11.9. The maximum Gasteiger partial charge on any atom is 0.249 e. The molecule has 1 aromatic rings. The molecule has 104 valence electrons. The Hall–Kier alpha value is -1.17. The first kappa shape index (κ1) is 14.2. The molecular weight excluding hydrogens is 273 g/mol. The van der Waals surface area contributed by atoms with E-state index in [0.29, 0.717) is 13.0 Å². The number of aliphatic hydroxyl groups excluding tert-OH is 1. The van der Waals surface area contributed by atoms with Crippen molar-refractivity contribution in [3.63, 3.8) is 0 Å². The average Bonchev–Trinajstić information content (AvgIpc) is 2.93. The van der Waals surface area contributed by atoms with E-state index in [9.17, 15) is 14.3 Å². The van der Waals surface area contributed by atoms with Crippen molar-refractivity contribution in [2.45, 2.75) is 25.0 Å². The Morgan fingerprint density at radius 3 is 3.05 bits per heavy atom. The van der Waals surface area contributed by atoms with Crippen LogP contribution in [-0.2, 0) is 9.53 Å². The van der Waals surface area contributed by atoms with Crippen LogP contribution in [0.15, 0.2) is 18.2 Å². The number of halogens is 2. The Morgan fingerprint density at radius 1 is 1.63 bits per heavy atom. The lowest BCUT2D eigenvalue weighted by molar-refractivity contribution is -0.131. The van der Waals surface area contributed by atoms with Crippen LogP contribution in [0.1, 0.15) is 24.4 Å². The summed E-state index contributed by atoms with van der Waals surface area (Å²) >= 11 is 5.68. The summed E-state index contributed by atoms with van der Waals surface area (Å²) in [5.41, 5.74) is 0.168. The lowest BCUT2D eigenvalue weighted by Gasteiger charge is -2.19. The van der Waals surface area contributed by atoms with Crippen LogP contribution < -0.4 is 5.32 Å². The van der Waals surface area contributed by atoms with Gasteiger partial charge in [-0.2, -0.15) is 0 Å². The van der Waals surface area contributed by atoms with Crippen LogP contribution in [-0.4, -0.2) is 30.3 Å². The van der Waals surface area contributed by atoms with Crippen molar-refractivity contribution in [2.75, 3.05) is 13.2 Å². The van der Waals surface area contributed by atoms with Gasteiger partial charge in [0.05, 0.1) is 17.7 Å². The monoisotopic (exact) mass is 287 g/mol. The van der Waals surface area contributed by atoms with Crippen molar-refractivity contribution in [1.82, 2.24) is 5.32 Å². The minimum atomic E-state index is -0.824. The van der Waals surface area contributed by atoms with Crippen molar-refractivity contribution in [3.05, 3.63) is 34.6 Å². The third kappa shape index (κ3) is 3.23. The standard InChI is InChI=1S/C13H15ClFNO3/c14-9-4-1-3-8(12(9)15)10(7-17)16-13(18)11-5-2-6-19-11/h1,3-4,10-11,17H,2,5-7H2,(H,16,18). The van der Waals surface area contributed by atoms with E-state index in [1.165, 1.54) is 12.1 Å². The molecule has 0 aromatic heterocycles. The minimum absolute atomic E-state index is 0.0395. The zero-order valence-electron chi connectivity index (χ0n) is 10.2. The van der Waals surface area contributed by atoms with E-state index in [1.54, 1.807) is 6.07 Å². The molecule has 4 nitrogen and oxygen atoms in total. The molecule has 0 aliphatic carbocycles. The van der Waals surface area contributed by atoms with E-state index in [2.05, 4.69) is 5.32 Å². The lowest BCUT2D eigenvalue weighted by atomic mass is 10.1. The Labute approximate surface area is 115 Å². The van der Waals surface area contributed by atoms with Crippen LogP contribution >= 0.6 is 11.6 Å². The van der Waals surface area contributed by atoms with Crippen molar-refractivity contribution in [3.8, 4) is 0 Å². The summed E-state index contributed by atoms with van der Waals surface area (Å²) in [5, 5.41) is 11.9. The molecule has 1 fully saturated rings. The Kier molecular flexibility index (Phi) is 4.74. The molecule has 2 atom stereocenters. The second-order valence-electron chi connectivity index (χ2n) is 4.39. The average molecular weight is 288 g/mol. The molecule has 1 aromatic carbocycles. The number of hydrogen-bond acceptors (Lipinski definition) is 3. The van der Waals surface area contributed by atoms with Crippen LogP contribution in [0.2, 0.25) is 5.02 Å². The highest BCUT2D eigenvalue weighted by Gasteiger charge is 2.27. The van der Waals surface area contributed by atoms with Gasteiger partial charge in [0.15, 0.2) is 0 Å². The molecule has 0 bridgehead atoms. The minimum Gasteiger partial charge on any atom is -0.394 e. The van der Waals surface area contributed by atoms with Gasteiger partial charge in [-0.3, -0.25) is 4.79 Å². The third-order valence-electron chi connectivity index (χ3n) is 3.08. The van der Waals surface area contributed by atoms with Gasteiger partial charge in [-0.05, 0) is 18.9 Å². The highest BCUT2D eigenvalue weighted by molar-refractivity contribution is 6.30. The summed E-state index contributed by atoms with van der Waals surface area (Å²) in [6, 6.07) is 3.64. The molecule has 1 amide bonds. The molecule has 19 heavy (non-hydrogen) atoms. The number of nitrogens with one attached hydrogen (secondary N) is 1. The van der Waals surface area contributed by atoms with Gasteiger partial charge >= 0.3 is 0 Å². The molecule has 1 heterocycles. The zero-order valence-corrected chi connectivity index (χ0v) is 11.0. The van der Waals surface area contributed by atoms with E-state index in [-0.39, 0.29) is 16.5 Å². The number of benzene rings is 1. The lowest BCUT2D eigenvalue weighted by Crippen LogP contribution is -2.38. The van der Waals surface area contributed by atoms with E-state index < -0.39 is 24.6 Å². The van der Waals surface area contributed by atoms with E-state index in [1.807, 2.05) is 0 Å². The number of carbonyl (C=O) groups excluding carboxylic acids is 1. The van der Waals surface area contributed by atoms with Gasteiger partial charge in [0, 0.05) is 12.2 Å². The van der Waals surface area contributed by atoms with Gasteiger partial charge < -0.3 is 15.2 Å². The first-order valence-electron chi connectivity index (χ1n) is 6.10. The van der Waals surface area contributed by atoms with Crippen molar-refractivity contribution >= 4 is 17.5 Å². The SMILES string of the molecule is O=C(NC(CO)c1cccc(Cl)c1F)C1CCCO1. The largest absolute Gasteiger partial charge is 0.394 e. The molecule has 0 radical (unpaired) electrons. The quantitative estimate of drug-likeness (QED) is 0.888. The third-order valence-corrected chi connectivity index (χ3v) is 3.37. The molecular formula is C13H15ClFNO3. The number of amides is 1. The van der Waals surface area contributed by atoms with Gasteiger partial charge in [0.1, 0.15) is 11.9 Å². The van der Waals surface area contributed by atoms with Gasteiger partial charge in [0.2, 0.25) is 5.91 Å². The molecule has 1 aliphatic rings. The van der Waals surface area contributed by atoms with E-state index >= 15 is 0 Å². The van der Waals surface area contributed by atoms with E-state index in [4.69, 9.17) is 16.3 Å². The number of hydrogen-bond donors (Lipinski definition) is 2. The zero-order chi connectivity index (χ0) is 13.8. The molecule has 0 saturated carbocycles. The Balaban J connectivity index is 2.11. The predicted molar refractivity (Wildman–Crippen MR) is 68.4 cm³/mol. The second kappa shape index (κ2) is 6.32. The van der Waals surface area contributed by atoms with Gasteiger partial charge in [-0.25, -0.2) is 4.39 Å². The molecule has 1 aliphatic heterocycles. The number of ether oxygens (including phenoxy) is 1. The highest BCUT2D eigenvalue weighted by atomic mass is 35.5. The topological polar surface area (TPSA) is 58.6 Å². The maximum atomic E-state index is 13.8. The fourth-order valence-corrected chi connectivity index (χ4v) is 2.24. The smallest absolute Gasteiger partial charge is 0.249 e. The molecule has 0 spiro atoms. The fraction of sp³-hybridized carbons (Fsp3) is 0.462. The summed E-state index contributed by atoms with van der Waals surface area (Å²) in [7, 11) is 0. The second-order valence-corrected chi connectivity index (χ2v) is 4.80. The number of rotatable bonds is 4. The molecule has 2 rings (SSSR count). The van der Waals surface area contributed by atoms with Crippen molar-refractivity contribution < 1.29 is 19.0 Å². The number of aliphatic hydroxyl groups is 1. The molecule has 2 N–H and O–H groups in total.